The summed E-state index contributed by atoms with van der Waals surface area (Å²) in [6.45, 7) is 2.79. The van der Waals surface area contributed by atoms with Crippen LogP contribution < -0.4 is 9.46 Å². The van der Waals surface area contributed by atoms with Gasteiger partial charge in [0.25, 0.3) is 0 Å². The summed E-state index contributed by atoms with van der Waals surface area (Å²) in [6.07, 6.45) is 5.51. The summed E-state index contributed by atoms with van der Waals surface area (Å²) < 4.78 is 32.1. The number of hydrogen-bond acceptors (Lipinski definition) is 3. The highest BCUT2D eigenvalue weighted by molar-refractivity contribution is 7.92. The van der Waals surface area contributed by atoms with E-state index in [2.05, 4.69) is 22.9 Å². The third kappa shape index (κ3) is 3.52. The zero-order valence-corrected chi connectivity index (χ0v) is 15.4. The summed E-state index contributed by atoms with van der Waals surface area (Å²) in [7, 11) is -3.31. The lowest BCUT2D eigenvalue weighted by molar-refractivity contribution is 0.288. The van der Waals surface area contributed by atoms with Crippen LogP contribution in [0.1, 0.15) is 41.9 Å². The van der Waals surface area contributed by atoms with E-state index in [1.54, 1.807) is 0 Å². The van der Waals surface area contributed by atoms with Gasteiger partial charge in [0, 0.05) is 0 Å². The van der Waals surface area contributed by atoms with Gasteiger partial charge in [-0.2, -0.15) is 0 Å². The highest BCUT2D eigenvalue weighted by atomic mass is 32.2. The third-order valence-electron chi connectivity index (χ3n) is 4.82. The Morgan fingerprint density at radius 3 is 2.68 bits per heavy atom. The molecule has 2 aromatic carbocycles. The van der Waals surface area contributed by atoms with Crippen molar-refractivity contribution in [1.82, 2.24) is 0 Å². The van der Waals surface area contributed by atoms with Crippen LogP contribution in [0.25, 0.3) is 11.1 Å². The van der Waals surface area contributed by atoms with Crippen LogP contribution in [0.15, 0.2) is 30.3 Å². The molecule has 1 aliphatic heterocycles. The standard InChI is InChI=1S/C20H23NO3S/c1-13-10-17(15-7-8-19-16(12-15)4-3-9-24-19)20(14-5-6-14)18(11-13)21-25(2,22)23/h7-8,10-12,14,21H,3-6,9H2,1-2H3. The Hall–Kier alpha value is -2.01. The molecule has 1 saturated carbocycles. The topological polar surface area (TPSA) is 55.4 Å². The molecule has 25 heavy (non-hydrogen) atoms. The Bertz CT molecular complexity index is 930. The number of nitrogens with one attached hydrogen (secondary N) is 1. The van der Waals surface area contributed by atoms with E-state index in [-0.39, 0.29) is 0 Å². The molecule has 0 saturated heterocycles. The zero-order chi connectivity index (χ0) is 17.6. The average Bonchev–Trinajstić information content (AvgIpc) is 3.37. The Morgan fingerprint density at radius 2 is 1.96 bits per heavy atom. The van der Waals surface area contributed by atoms with E-state index in [1.807, 2.05) is 19.1 Å². The number of rotatable bonds is 4. The first-order chi connectivity index (χ1) is 11.9. The van der Waals surface area contributed by atoms with Crippen molar-refractivity contribution < 1.29 is 13.2 Å². The molecular weight excluding hydrogens is 334 g/mol. The van der Waals surface area contributed by atoms with Gasteiger partial charge in [-0.1, -0.05) is 12.1 Å². The molecule has 1 N–H and O–H groups in total. The maximum Gasteiger partial charge on any atom is 0.229 e. The third-order valence-corrected chi connectivity index (χ3v) is 5.42. The van der Waals surface area contributed by atoms with Gasteiger partial charge >= 0.3 is 0 Å². The van der Waals surface area contributed by atoms with E-state index in [0.29, 0.717) is 5.92 Å². The molecule has 1 fully saturated rings. The van der Waals surface area contributed by atoms with Crippen LogP contribution in [0.4, 0.5) is 5.69 Å². The summed E-state index contributed by atoms with van der Waals surface area (Å²) in [5.74, 6) is 1.41. The van der Waals surface area contributed by atoms with Crippen LogP contribution in [0.3, 0.4) is 0 Å². The summed E-state index contributed by atoms with van der Waals surface area (Å²) >= 11 is 0. The van der Waals surface area contributed by atoms with E-state index in [4.69, 9.17) is 4.74 Å². The second-order valence-corrected chi connectivity index (χ2v) is 8.95. The van der Waals surface area contributed by atoms with Gasteiger partial charge in [-0.05, 0) is 84.5 Å². The molecule has 0 amide bonds. The van der Waals surface area contributed by atoms with Crippen LogP contribution in [-0.2, 0) is 16.4 Å². The molecule has 2 aliphatic rings. The number of aryl methyl sites for hydroxylation is 2. The minimum Gasteiger partial charge on any atom is -0.493 e. The lowest BCUT2D eigenvalue weighted by atomic mass is 9.91. The van der Waals surface area contributed by atoms with E-state index < -0.39 is 10.0 Å². The average molecular weight is 357 g/mol. The Labute approximate surface area is 149 Å². The molecule has 4 rings (SSSR count). The fraction of sp³-hybridized carbons (Fsp3) is 0.400. The molecule has 0 radical (unpaired) electrons. The van der Waals surface area contributed by atoms with E-state index in [1.165, 1.54) is 11.8 Å². The fourth-order valence-electron chi connectivity index (χ4n) is 3.66. The molecule has 0 spiro atoms. The van der Waals surface area contributed by atoms with Crippen LogP contribution >= 0.6 is 0 Å². The number of ether oxygens (including phenoxy) is 1. The van der Waals surface area contributed by atoms with Crippen molar-refractivity contribution in [2.24, 2.45) is 0 Å². The predicted molar refractivity (Wildman–Crippen MR) is 101 cm³/mol. The highest BCUT2D eigenvalue weighted by Crippen LogP contribution is 2.49. The summed E-state index contributed by atoms with van der Waals surface area (Å²) in [5, 5.41) is 0. The number of benzene rings is 2. The molecule has 0 atom stereocenters. The van der Waals surface area contributed by atoms with Crippen molar-refractivity contribution in [2.45, 2.75) is 38.5 Å². The lowest BCUT2D eigenvalue weighted by Crippen LogP contribution is -2.12. The smallest absolute Gasteiger partial charge is 0.229 e. The van der Waals surface area contributed by atoms with Crippen LogP contribution in [0.2, 0.25) is 0 Å². The maximum absolute atomic E-state index is 11.8. The molecule has 0 aromatic heterocycles. The van der Waals surface area contributed by atoms with Crippen LogP contribution in [-0.4, -0.2) is 21.3 Å². The molecule has 5 heteroatoms. The van der Waals surface area contributed by atoms with Crippen LogP contribution in [0.5, 0.6) is 5.75 Å². The normalized spacial score (nSPS) is 16.9. The quantitative estimate of drug-likeness (QED) is 0.890. The maximum atomic E-state index is 11.8. The van der Waals surface area contributed by atoms with Gasteiger partial charge < -0.3 is 4.74 Å². The largest absolute Gasteiger partial charge is 0.493 e. The fourth-order valence-corrected chi connectivity index (χ4v) is 4.23. The minimum atomic E-state index is -3.31. The summed E-state index contributed by atoms with van der Waals surface area (Å²) in [6, 6.07) is 10.5. The van der Waals surface area contributed by atoms with Gasteiger partial charge in [-0.25, -0.2) is 8.42 Å². The molecular formula is C20H23NO3S. The molecule has 2 aromatic rings. The summed E-state index contributed by atoms with van der Waals surface area (Å²) in [4.78, 5) is 0. The van der Waals surface area contributed by atoms with E-state index in [9.17, 15) is 8.42 Å². The Balaban J connectivity index is 1.86. The number of anilines is 1. The van der Waals surface area contributed by atoms with E-state index >= 15 is 0 Å². The van der Waals surface area contributed by atoms with Gasteiger partial charge in [0.15, 0.2) is 0 Å². The van der Waals surface area contributed by atoms with Gasteiger partial charge in [0.2, 0.25) is 10.0 Å². The molecule has 1 heterocycles. The van der Waals surface area contributed by atoms with Crippen molar-refractivity contribution in [3.8, 4) is 16.9 Å². The van der Waals surface area contributed by atoms with Crippen LogP contribution in [0, 0.1) is 6.92 Å². The SMILES string of the molecule is Cc1cc(NS(C)(=O)=O)c(C2CC2)c(-c2ccc3c(c2)CCCO3)c1. The van der Waals surface area contributed by atoms with Crippen molar-refractivity contribution in [3.05, 3.63) is 47.0 Å². The van der Waals surface area contributed by atoms with Gasteiger partial charge in [-0.3, -0.25) is 4.72 Å². The van der Waals surface area contributed by atoms with Crippen molar-refractivity contribution in [2.75, 3.05) is 17.6 Å². The Morgan fingerprint density at radius 1 is 1.16 bits per heavy atom. The van der Waals surface area contributed by atoms with Gasteiger partial charge in [0.05, 0.1) is 18.6 Å². The molecule has 0 unspecified atom stereocenters. The van der Waals surface area contributed by atoms with Gasteiger partial charge in [-0.15, -0.1) is 0 Å². The Kier molecular flexibility index (Phi) is 3.99. The number of sulfonamides is 1. The summed E-state index contributed by atoms with van der Waals surface area (Å²) in [5.41, 5.74) is 6.44. The predicted octanol–water partition coefficient (Wildman–Crippen LogP) is 4.24. The number of hydrogen-bond donors (Lipinski definition) is 1. The second kappa shape index (κ2) is 6.06. The first kappa shape index (κ1) is 16.5. The zero-order valence-electron chi connectivity index (χ0n) is 14.6. The lowest BCUT2D eigenvalue weighted by Gasteiger charge is -2.20. The highest BCUT2D eigenvalue weighted by Gasteiger charge is 2.30. The second-order valence-electron chi connectivity index (χ2n) is 7.20. The van der Waals surface area contributed by atoms with Crippen molar-refractivity contribution >= 4 is 15.7 Å². The molecule has 132 valence electrons. The minimum absolute atomic E-state index is 0.437. The van der Waals surface area contributed by atoms with Crippen molar-refractivity contribution in [1.29, 1.82) is 0 Å². The first-order valence-corrected chi connectivity index (χ1v) is 10.7. The van der Waals surface area contributed by atoms with Crippen molar-refractivity contribution in [3.63, 3.8) is 0 Å². The monoisotopic (exact) mass is 357 g/mol. The van der Waals surface area contributed by atoms with E-state index in [0.717, 1.165) is 66.0 Å². The molecule has 1 aliphatic carbocycles. The first-order valence-electron chi connectivity index (χ1n) is 8.79. The molecule has 0 bridgehead atoms. The number of fused-ring (bicyclic) bond motifs is 1. The molecule has 4 nitrogen and oxygen atoms in total. The van der Waals surface area contributed by atoms with Gasteiger partial charge in [0.1, 0.15) is 5.75 Å².